The minimum atomic E-state index is -1.34. The molecule has 0 spiro atoms. The van der Waals surface area contributed by atoms with Gasteiger partial charge in [-0.3, -0.25) is 10.1 Å². The summed E-state index contributed by atoms with van der Waals surface area (Å²) in [7, 11) is 2.89. The van der Waals surface area contributed by atoms with Gasteiger partial charge in [-0.15, -0.1) is 0 Å². The molecule has 2 aliphatic heterocycles. The van der Waals surface area contributed by atoms with Crippen LogP contribution in [0, 0.1) is 10.1 Å². The van der Waals surface area contributed by atoms with E-state index in [1.807, 2.05) is 17.0 Å². The van der Waals surface area contributed by atoms with Crippen LogP contribution in [-0.4, -0.2) is 60.0 Å². The zero-order chi connectivity index (χ0) is 23.2. The van der Waals surface area contributed by atoms with Crippen LogP contribution in [0.1, 0.15) is 24.1 Å². The minimum Gasteiger partial charge on any atom is -0.479 e. The number of anilines is 1. The maximum atomic E-state index is 11.6. The molecule has 0 amide bonds. The average molecular weight is 465 g/mol. The largest absolute Gasteiger partial charge is 0.479 e. The molecule has 4 rings (SSSR count). The summed E-state index contributed by atoms with van der Waals surface area (Å²) in [5.74, 6) is 0.367. The highest BCUT2D eigenvalue weighted by molar-refractivity contribution is 6.30. The first-order valence-corrected chi connectivity index (χ1v) is 10.5. The lowest BCUT2D eigenvalue weighted by atomic mass is 9.83. The van der Waals surface area contributed by atoms with Gasteiger partial charge in [-0.05, 0) is 43.2 Å². The van der Waals surface area contributed by atoms with E-state index in [-0.39, 0.29) is 18.3 Å². The third kappa shape index (κ3) is 3.50. The molecular weight excluding hydrogens is 440 g/mol. The summed E-state index contributed by atoms with van der Waals surface area (Å²) in [5.41, 5.74) is 0.673. The van der Waals surface area contributed by atoms with E-state index in [2.05, 4.69) is 0 Å². The summed E-state index contributed by atoms with van der Waals surface area (Å²) < 4.78 is 17.0. The second-order valence-electron chi connectivity index (χ2n) is 8.18. The monoisotopic (exact) mass is 464 g/mol. The Morgan fingerprint density at radius 2 is 2.03 bits per heavy atom. The van der Waals surface area contributed by atoms with E-state index in [1.54, 1.807) is 13.0 Å². The first kappa shape index (κ1) is 22.8. The number of nitrogens with zero attached hydrogens (tertiary/aromatic N) is 2. The topological polar surface area (TPSA) is 115 Å². The zero-order valence-electron chi connectivity index (χ0n) is 17.9. The van der Waals surface area contributed by atoms with E-state index in [4.69, 9.17) is 25.8 Å². The highest BCUT2D eigenvalue weighted by Gasteiger charge is 2.55. The fraction of sp³-hybridized carbons (Fsp3) is 0.455. The molecule has 10 heteroatoms. The fourth-order valence-electron chi connectivity index (χ4n) is 4.86. The Morgan fingerprint density at radius 3 is 2.66 bits per heavy atom. The Labute approximate surface area is 190 Å². The van der Waals surface area contributed by atoms with Crippen molar-refractivity contribution < 1.29 is 29.3 Å². The Hall–Kier alpha value is -2.43. The van der Waals surface area contributed by atoms with Gasteiger partial charge in [-0.2, -0.15) is 0 Å². The molecular formula is C22H25ClN2O7. The van der Waals surface area contributed by atoms with Crippen LogP contribution in [0.5, 0.6) is 5.75 Å². The molecule has 2 N–H and O–H groups in total. The Bertz CT molecular complexity index is 1030. The van der Waals surface area contributed by atoms with Crippen LogP contribution in [0.2, 0.25) is 5.02 Å². The van der Waals surface area contributed by atoms with Crippen LogP contribution in [0.4, 0.5) is 11.4 Å². The maximum absolute atomic E-state index is 11.6. The fourth-order valence-corrected chi connectivity index (χ4v) is 5.05. The highest BCUT2D eigenvalue weighted by atomic mass is 35.5. The summed E-state index contributed by atoms with van der Waals surface area (Å²) in [6, 6.07) is 8.50. The van der Waals surface area contributed by atoms with E-state index in [1.165, 1.54) is 32.4 Å². The minimum absolute atomic E-state index is 0.126. The van der Waals surface area contributed by atoms with Crippen molar-refractivity contribution in [2.24, 2.45) is 0 Å². The number of hydrogen-bond donors (Lipinski definition) is 2. The van der Waals surface area contributed by atoms with Crippen molar-refractivity contribution in [3.8, 4) is 5.75 Å². The quantitative estimate of drug-likeness (QED) is 0.381. The number of methoxy groups -OCH3 is 2. The van der Waals surface area contributed by atoms with Gasteiger partial charge in [0.25, 0.3) is 5.69 Å². The van der Waals surface area contributed by atoms with Crippen molar-refractivity contribution in [1.82, 2.24) is 0 Å². The molecule has 0 radical (unpaired) electrons. The van der Waals surface area contributed by atoms with E-state index in [0.717, 1.165) is 11.3 Å². The summed E-state index contributed by atoms with van der Waals surface area (Å²) in [6.07, 6.45) is -1.64. The summed E-state index contributed by atoms with van der Waals surface area (Å²) in [5, 5.41) is 33.9. The molecule has 0 unspecified atom stereocenters. The second kappa shape index (κ2) is 8.49. The Kier molecular flexibility index (Phi) is 6.04. The SMILES string of the molecule is COC(OC)[C@@]1(C)Oc2ccc([N+](=O)[O-])cc2[C@H](N2c3ccc(Cl)cc3C[C@@H]2CO)[C@H]1O. The number of aliphatic hydroxyl groups is 2. The third-order valence-corrected chi connectivity index (χ3v) is 6.55. The predicted octanol–water partition coefficient (Wildman–Crippen LogP) is 2.84. The molecule has 2 heterocycles. The number of rotatable bonds is 6. The van der Waals surface area contributed by atoms with Crippen LogP contribution in [0.25, 0.3) is 0 Å². The van der Waals surface area contributed by atoms with Crippen molar-refractivity contribution in [2.75, 3.05) is 25.7 Å². The van der Waals surface area contributed by atoms with Gasteiger partial charge >= 0.3 is 0 Å². The molecule has 2 aromatic rings. The first-order valence-electron chi connectivity index (χ1n) is 10.1. The van der Waals surface area contributed by atoms with Gasteiger partial charge in [-0.25, -0.2) is 0 Å². The number of nitro groups is 1. The number of fused-ring (bicyclic) bond motifs is 2. The smallest absolute Gasteiger partial charge is 0.270 e. The molecule has 0 aliphatic carbocycles. The van der Waals surface area contributed by atoms with E-state index in [9.17, 15) is 20.3 Å². The van der Waals surface area contributed by atoms with Crippen LogP contribution in [-0.2, 0) is 15.9 Å². The number of hydrogen-bond acceptors (Lipinski definition) is 8. The maximum Gasteiger partial charge on any atom is 0.270 e. The summed E-state index contributed by atoms with van der Waals surface area (Å²) in [4.78, 5) is 12.9. The molecule has 9 nitrogen and oxygen atoms in total. The first-order chi connectivity index (χ1) is 15.2. The lowest BCUT2D eigenvalue weighted by molar-refractivity contribution is -0.385. The molecule has 0 saturated heterocycles. The number of non-ortho nitro benzene ring substituents is 1. The van der Waals surface area contributed by atoms with Gasteiger partial charge in [0.05, 0.1) is 23.6 Å². The van der Waals surface area contributed by atoms with Gasteiger partial charge in [0.2, 0.25) is 0 Å². The van der Waals surface area contributed by atoms with Crippen LogP contribution in [0.15, 0.2) is 36.4 Å². The van der Waals surface area contributed by atoms with Crippen molar-refractivity contribution in [2.45, 2.75) is 43.4 Å². The van der Waals surface area contributed by atoms with Gasteiger partial charge in [0, 0.05) is 42.6 Å². The predicted molar refractivity (Wildman–Crippen MR) is 117 cm³/mol. The second-order valence-corrected chi connectivity index (χ2v) is 8.62. The molecule has 172 valence electrons. The Balaban J connectivity index is 1.92. The van der Waals surface area contributed by atoms with Crippen molar-refractivity contribution in [3.63, 3.8) is 0 Å². The number of benzene rings is 2. The highest BCUT2D eigenvalue weighted by Crippen LogP contribution is 2.50. The summed E-state index contributed by atoms with van der Waals surface area (Å²) in [6.45, 7) is 1.48. The van der Waals surface area contributed by atoms with Crippen molar-refractivity contribution in [1.29, 1.82) is 0 Å². The van der Waals surface area contributed by atoms with Crippen LogP contribution >= 0.6 is 11.6 Å². The third-order valence-electron chi connectivity index (χ3n) is 6.31. The molecule has 0 bridgehead atoms. The molecule has 2 aromatic carbocycles. The summed E-state index contributed by atoms with van der Waals surface area (Å²) >= 11 is 6.18. The van der Waals surface area contributed by atoms with Crippen LogP contribution < -0.4 is 9.64 Å². The van der Waals surface area contributed by atoms with Gasteiger partial charge in [0.15, 0.2) is 11.9 Å². The molecule has 2 aliphatic rings. The lowest BCUT2D eigenvalue weighted by Gasteiger charge is -2.50. The Morgan fingerprint density at radius 1 is 1.31 bits per heavy atom. The van der Waals surface area contributed by atoms with Gasteiger partial charge < -0.3 is 29.3 Å². The molecule has 0 fully saturated rings. The van der Waals surface area contributed by atoms with E-state index < -0.39 is 29.0 Å². The normalized spacial score (nSPS) is 26.6. The number of aliphatic hydroxyl groups excluding tert-OH is 2. The lowest BCUT2D eigenvalue weighted by Crippen LogP contribution is -2.63. The number of nitro benzene ring substituents is 1. The van der Waals surface area contributed by atoms with E-state index in [0.29, 0.717) is 22.8 Å². The number of halogens is 1. The molecule has 0 aromatic heterocycles. The van der Waals surface area contributed by atoms with E-state index >= 15 is 0 Å². The molecule has 32 heavy (non-hydrogen) atoms. The van der Waals surface area contributed by atoms with Crippen LogP contribution in [0.3, 0.4) is 0 Å². The van der Waals surface area contributed by atoms with Crippen molar-refractivity contribution >= 4 is 23.0 Å². The molecule has 4 atom stereocenters. The van der Waals surface area contributed by atoms with Gasteiger partial charge in [-0.1, -0.05) is 11.6 Å². The van der Waals surface area contributed by atoms with Crippen molar-refractivity contribution in [3.05, 3.63) is 62.7 Å². The average Bonchev–Trinajstić information content (AvgIpc) is 3.12. The zero-order valence-corrected chi connectivity index (χ0v) is 18.7. The molecule has 0 saturated carbocycles. The standard InChI is InChI=1S/C22H25ClN2O7/c1-22(21(30-2)31-3)20(27)19(16-10-14(25(28)29)5-7-18(16)32-22)24-15(11-26)9-12-8-13(23)4-6-17(12)24/h4-8,10,15,19-21,26-27H,9,11H2,1-3H3/t15-,19+,20-,22+/m1/s1. The number of ether oxygens (including phenoxy) is 3. The van der Waals surface area contributed by atoms with Gasteiger partial charge in [0.1, 0.15) is 11.9 Å².